The predicted molar refractivity (Wildman–Crippen MR) is 79.7 cm³/mol. The Kier molecular flexibility index (Phi) is 4.15. The molecule has 2 aromatic carbocycles. The topological polar surface area (TPSA) is 69.2 Å². The maximum atomic E-state index is 10.9. The fourth-order valence-electron chi connectivity index (χ4n) is 2.22. The summed E-state index contributed by atoms with van der Waals surface area (Å²) in [5, 5.41) is 10.9. The fourth-order valence-corrected chi connectivity index (χ4v) is 2.22. The van der Waals surface area contributed by atoms with Crippen molar-refractivity contribution in [2.24, 2.45) is 5.73 Å². The summed E-state index contributed by atoms with van der Waals surface area (Å²) >= 11 is 0. The Labute approximate surface area is 118 Å². The van der Waals surface area contributed by atoms with Crippen LogP contribution in [-0.2, 0) is 6.42 Å². The van der Waals surface area contributed by atoms with Crippen molar-refractivity contribution in [2.45, 2.75) is 26.3 Å². The Morgan fingerprint density at radius 1 is 1.20 bits per heavy atom. The molecule has 1 unspecified atom stereocenters. The lowest BCUT2D eigenvalue weighted by molar-refractivity contribution is -0.384. The lowest BCUT2D eigenvalue weighted by Crippen LogP contribution is -2.13. The minimum absolute atomic E-state index is 0.0752. The van der Waals surface area contributed by atoms with Gasteiger partial charge in [0.15, 0.2) is 0 Å². The van der Waals surface area contributed by atoms with Crippen LogP contribution < -0.4 is 5.73 Å². The molecule has 2 rings (SSSR count). The second kappa shape index (κ2) is 5.84. The summed E-state index contributed by atoms with van der Waals surface area (Å²) < 4.78 is 0. The van der Waals surface area contributed by atoms with E-state index < -0.39 is 4.92 Å². The number of nitro groups is 1. The first kappa shape index (κ1) is 14.2. The van der Waals surface area contributed by atoms with Crippen molar-refractivity contribution in [3.05, 3.63) is 74.8 Å². The SMILES string of the molecule is CCc1ccc(C(N)c2cc([N+](=O)[O-])ccc2C)cc1. The van der Waals surface area contributed by atoms with Crippen molar-refractivity contribution >= 4 is 5.69 Å². The molecule has 0 aliphatic carbocycles. The summed E-state index contributed by atoms with van der Waals surface area (Å²) in [6.07, 6.45) is 0.978. The molecule has 0 bridgehead atoms. The number of hydrogen-bond acceptors (Lipinski definition) is 3. The van der Waals surface area contributed by atoms with Crippen molar-refractivity contribution in [3.63, 3.8) is 0 Å². The molecule has 0 saturated heterocycles. The molecule has 0 amide bonds. The number of nitrogens with two attached hydrogens (primary N) is 1. The minimum atomic E-state index is -0.393. The maximum absolute atomic E-state index is 10.9. The zero-order valence-electron chi connectivity index (χ0n) is 11.7. The Balaban J connectivity index is 2.38. The molecule has 0 aromatic heterocycles. The lowest BCUT2D eigenvalue weighted by Gasteiger charge is -2.15. The number of benzene rings is 2. The molecule has 1 atom stereocenters. The highest BCUT2D eigenvalue weighted by Crippen LogP contribution is 2.26. The van der Waals surface area contributed by atoms with E-state index in [1.54, 1.807) is 12.1 Å². The monoisotopic (exact) mass is 270 g/mol. The molecule has 2 N–H and O–H groups in total. The summed E-state index contributed by atoms with van der Waals surface area (Å²) in [6, 6.07) is 12.5. The quantitative estimate of drug-likeness (QED) is 0.682. The number of nitro benzene ring substituents is 1. The Hall–Kier alpha value is -2.20. The van der Waals surface area contributed by atoms with E-state index >= 15 is 0 Å². The normalized spacial score (nSPS) is 12.2. The molecule has 20 heavy (non-hydrogen) atoms. The van der Waals surface area contributed by atoms with E-state index in [2.05, 4.69) is 6.92 Å². The standard InChI is InChI=1S/C16H18N2O2/c1-3-12-5-7-13(8-6-12)16(17)15-10-14(18(19)20)9-4-11(15)2/h4-10,16H,3,17H2,1-2H3. The molecule has 4 heteroatoms. The first-order chi connectivity index (χ1) is 9.52. The van der Waals surface area contributed by atoms with Gasteiger partial charge in [0.25, 0.3) is 5.69 Å². The Morgan fingerprint density at radius 2 is 1.85 bits per heavy atom. The molecule has 4 nitrogen and oxygen atoms in total. The number of non-ortho nitro benzene ring substituents is 1. The van der Waals surface area contributed by atoms with Gasteiger partial charge in [-0.15, -0.1) is 0 Å². The van der Waals surface area contributed by atoms with Crippen LogP contribution in [0.1, 0.15) is 35.2 Å². The van der Waals surface area contributed by atoms with Crippen molar-refractivity contribution in [2.75, 3.05) is 0 Å². The largest absolute Gasteiger partial charge is 0.320 e. The summed E-state index contributed by atoms with van der Waals surface area (Å²) in [4.78, 5) is 10.5. The second-order valence-electron chi connectivity index (χ2n) is 4.87. The molecule has 0 aliphatic heterocycles. The number of hydrogen-bond donors (Lipinski definition) is 1. The van der Waals surface area contributed by atoms with E-state index in [1.165, 1.54) is 11.6 Å². The third-order valence-corrected chi connectivity index (χ3v) is 3.56. The first-order valence-electron chi connectivity index (χ1n) is 6.62. The van der Waals surface area contributed by atoms with Gasteiger partial charge in [-0.05, 0) is 35.6 Å². The van der Waals surface area contributed by atoms with Crippen molar-refractivity contribution in [1.29, 1.82) is 0 Å². The van der Waals surface area contributed by atoms with Crippen LogP contribution in [0.3, 0.4) is 0 Å². The van der Waals surface area contributed by atoms with Crippen LogP contribution >= 0.6 is 0 Å². The average Bonchev–Trinajstić information content (AvgIpc) is 2.47. The lowest BCUT2D eigenvalue weighted by atomic mass is 9.94. The predicted octanol–water partition coefficient (Wildman–Crippen LogP) is 3.51. The molecular formula is C16H18N2O2. The first-order valence-corrected chi connectivity index (χ1v) is 6.62. The van der Waals surface area contributed by atoms with Gasteiger partial charge in [0.2, 0.25) is 0 Å². The fraction of sp³-hybridized carbons (Fsp3) is 0.250. The van der Waals surface area contributed by atoms with Crippen molar-refractivity contribution < 1.29 is 4.92 Å². The molecule has 0 aliphatic rings. The van der Waals surface area contributed by atoms with E-state index in [1.807, 2.05) is 31.2 Å². The van der Waals surface area contributed by atoms with Crippen LogP contribution in [0.15, 0.2) is 42.5 Å². The second-order valence-corrected chi connectivity index (χ2v) is 4.87. The van der Waals surface area contributed by atoms with Crippen LogP contribution in [0.2, 0.25) is 0 Å². The van der Waals surface area contributed by atoms with Crippen molar-refractivity contribution in [1.82, 2.24) is 0 Å². The van der Waals surface area contributed by atoms with Crippen LogP contribution in [0, 0.1) is 17.0 Å². The van der Waals surface area contributed by atoms with Gasteiger partial charge in [-0.25, -0.2) is 0 Å². The molecule has 2 aromatic rings. The highest BCUT2D eigenvalue weighted by Gasteiger charge is 2.15. The highest BCUT2D eigenvalue weighted by molar-refractivity contribution is 5.44. The number of aryl methyl sites for hydroxylation is 2. The number of rotatable bonds is 4. The van der Waals surface area contributed by atoms with E-state index in [9.17, 15) is 10.1 Å². The van der Waals surface area contributed by atoms with Crippen LogP contribution in [0.25, 0.3) is 0 Å². The van der Waals surface area contributed by atoms with Gasteiger partial charge < -0.3 is 5.73 Å². The molecule has 0 fully saturated rings. The molecule has 0 radical (unpaired) electrons. The Morgan fingerprint density at radius 3 is 2.40 bits per heavy atom. The van der Waals surface area contributed by atoms with Gasteiger partial charge in [0.05, 0.1) is 11.0 Å². The third-order valence-electron chi connectivity index (χ3n) is 3.56. The van der Waals surface area contributed by atoms with E-state index in [0.717, 1.165) is 23.1 Å². The molecule has 0 heterocycles. The van der Waals surface area contributed by atoms with Crippen molar-refractivity contribution in [3.8, 4) is 0 Å². The minimum Gasteiger partial charge on any atom is -0.320 e. The van der Waals surface area contributed by atoms with Gasteiger partial charge in [-0.3, -0.25) is 10.1 Å². The summed E-state index contributed by atoms with van der Waals surface area (Å²) in [5.41, 5.74) is 10.3. The van der Waals surface area contributed by atoms with Crippen LogP contribution in [0.4, 0.5) is 5.69 Å². The van der Waals surface area contributed by atoms with Gasteiger partial charge >= 0.3 is 0 Å². The maximum Gasteiger partial charge on any atom is 0.269 e. The van der Waals surface area contributed by atoms with Crippen LogP contribution in [0.5, 0.6) is 0 Å². The average molecular weight is 270 g/mol. The highest BCUT2D eigenvalue weighted by atomic mass is 16.6. The van der Waals surface area contributed by atoms with E-state index in [4.69, 9.17) is 5.73 Å². The van der Waals surface area contributed by atoms with Gasteiger partial charge in [0.1, 0.15) is 0 Å². The summed E-state index contributed by atoms with van der Waals surface area (Å²) in [7, 11) is 0. The molecule has 104 valence electrons. The van der Waals surface area contributed by atoms with Gasteiger partial charge in [-0.2, -0.15) is 0 Å². The molecule has 0 saturated carbocycles. The zero-order valence-corrected chi connectivity index (χ0v) is 11.7. The van der Waals surface area contributed by atoms with E-state index in [0.29, 0.717) is 0 Å². The smallest absolute Gasteiger partial charge is 0.269 e. The Bertz CT molecular complexity index is 621. The van der Waals surface area contributed by atoms with Gasteiger partial charge in [-0.1, -0.05) is 37.3 Å². The zero-order chi connectivity index (χ0) is 14.7. The summed E-state index contributed by atoms with van der Waals surface area (Å²) in [6.45, 7) is 4.01. The van der Waals surface area contributed by atoms with E-state index in [-0.39, 0.29) is 11.7 Å². The summed E-state index contributed by atoms with van der Waals surface area (Å²) in [5.74, 6) is 0. The third kappa shape index (κ3) is 2.86. The number of nitrogens with zero attached hydrogens (tertiary/aromatic N) is 1. The molecule has 0 spiro atoms. The molecular weight excluding hydrogens is 252 g/mol. The van der Waals surface area contributed by atoms with Gasteiger partial charge in [0, 0.05) is 12.1 Å². The van der Waals surface area contributed by atoms with Crippen LogP contribution in [-0.4, -0.2) is 4.92 Å².